The van der Waals surface area contributed by atoms with Gasteiger partial charge in [-0.1, -0.05) is 27.2 Å². The van der Waals surface area contributed by atoms with E-state index in [-0.39, 0.29) is 42.8 Å². The number of nitrogens with one attached hydrogen (secondary N) is 2. The molecule has 3 aliphatic rings. The molecule has 30 heavy (non-hydrogen) atoms. The van der Waals surface area contributed by atoms with Crippen LogP contribution in [0.2, 0.25) is 0 Å². The van der Waals surface area contributed by atoms with E-state index in [9.17, 15) is 19.5 Å². The molecule has 3 saturated heterocycles. The first-order valence-corrected chi connectivity index (χ1v) is 11.4. The van der Waals surface area contributed by atoms with Crippen LogP contribution in [0.1, 0.15) is 60.3 Å². The van der Waals surface area contributed by atoms with Gasteiger partial charge in [-0.25, -0.2) is 0 Å². The van der Waals surface area contributed by atoms with Gasteiger partial charge in [-0.15, -0.1) is 0 Å². The lowest BCUT2D eigenvalue weighted by molar-refractivity contribution is -0.148. The summed E-state index contributed by atoms with van der Waals surface area (Å²) in [5.74, 6) is -2.04. The highest BCUT2D eigenvalue weighted by molar-refractivity contribution is 5.99. The largest absolute Gasteiger partial charge is 0.395 e. The first-order chi connectivity index (χ1) is 14.2. The number of fused-ring (bicyclic) bond motifs is 1. The van der Waals surface area contributed by atoms with Crippen LogP contribution in [-0.4, -0.2) is 70.7 Å². The first kappa shape index (κ1) is 23.0. The number of likely N-dealkylation sites (tertiary alicyclic amines) is 1. The summed E-state index contributed by atoms with van der Waals surface area (Å²) in [6.45, 7) is 10.2. The molecule has 7 atom stereocenters. The smallest absolute Gasteiger partial charge is 0.246 e. The molecule has 170 valence electrons. The fraction of sp³-hybridized carbons (Fsp3) is 0.864. The van der Waals surface area contributed by atoms with E-state index in [1.807, 2.05) is 27.7 Å². The number of carbonyl (C=O) groups is 3. The average molecular weight is 424 g/mol. The van der Waals surface area contributed by atoms with Crippen LogP contribution in [0.25, 0.3) is 0 Å². The minimum atomic E-state index is -1.04. The van der Waals surface area contributed by atoms with Gasteiger partial charge < -0.3 is 25.4 Å². The lowest BCUT2D eigenvalue weighted by atomic mass is 9.62. The lowest BCUT2D eigenvalue weighted by Gasteiger charge is -2.36. The SMILES string of the molecule is CCCNC(=O)[C@H]1[C@H]2C(=O)N(CCO)C(C(=O)NC(C)CCC)C23CC(C)[C@]1(C)O3. The van der Waals surface area contributed by atoms with Crippen molar-refractivity contribution in [2.45, 2.75) is 83.6 Å². The summed E-state index contributed by atoms with van der Waals surface area (Å²) >= 11 is 0. The quantitative estimate of drug-likeness (QED) is 0.509. The summed E-state index contributed by atoms with van der Waals surface area (Å²) < 4.78 is 6.55. The molecule has 0 saturated carbocycles. The summed E-state index contributed by atoms with van der Waals surface area (Å²) in [4.78, 5) is 41.4. The van der Waals surface area contributed by atoms with Crippen LogP contribution in [-0.2, 0) is 19.1 Å². The van der Waals surface area contributed by atoms with Crippen molar-refractivity contribution < 1.29 is 24.2 Å². The Bertz CT molecular complexity index is 700. The number of aliphatic hydroxyl groups excluding tert-OH is 1. The van der Waals surface area contributed by atoms with E-state index in [2.05, 4.69) is 17.6 Å². The van der Waals surface area contributed by atoms with Crippen LogP contribution in [0.15, 0.2) is 0 Å². The zero-order valence-corrected chi connectivity index (χ0v) is 18.9. The molecule has 3 heterocycles. The van der Waals surface area contributed by atoms with Gasteiger partial charge >= 0.3 is 0 Å². The van der Waals surface area contributed by atoms with E-state index in [4.69, 9.17) is 4.74 Å². The molecule has 1 spiro atoms. The maximum absolute atomic E-state index is 13.5. The summed E-state index contributed by atoms with van der Waals surface area (Å²) in [6, 6.07) is -0.867. The van der Waals surface area contributed by atoms with Crippen molar-refractivity contribution in [3.63, 3.8) is 0 Å². The number of hydrogen-bond acceptors (Lipinski definition) is 5. The molecule has 0 aromatic heterocycles. The number of amides is 3. The second-order valence-electron chi connectivity index (χ2n) is 9.45. The van der Waals surface area contributed by atoms with Crippen LogP contribution in [0.5, 0.6) is 0 Å². The van der Waals surface area contributed by atoms with Gasteiger partial charge in [0.1, 0.15) is 11.6 Å². The van der Waals surface area contributed by atoms with E-state index in [0.29, 0.717) is 13.0 Å². The molecule has 3 fully saturated rings. The van der Waals surface area contributed by atoms with Crippen molar-refractivity contribution in [1.82, 2.24) is 15.5 Å². The summed E-state index contributed by atoms with van der Waals surface area (Å²) in [5, 5.41) is 15.6. The maximum Gasteiger partial charge on any atom is 0.246 e. The van der Waals surface area contributed by atoms with Crippen molar-refractivity contribution in [3.8, 4) is 0 Å². The van der Waals surface area contributed by atoms with E-state index in [1.54, 1.807) is 0 Å². The molecule has 8 heteroatoms. The van der Waals surface area contributed by atoms with Gasteiger partial charge in [-0.3, -0.25) is 14.4 Å². The van der Waals surface area contributed by atoms with Crippen LogP contribution in [0.4, 0.5) is 0 Å². The van der Waals surface area contributed by atoms with E-state index in [0.717, 1.165) is 19.3 Å². The lowest BCUT2D eigenvalue weighted by Crippen LogP contribution is -2.57. The van der Waals surface area contributed by atoms with Gasteiger partial charge in [0.2, 0.25) is 17.7 Å². The second kappa shape index (κ2) is 8.46. The van der Waals surface area contributed by atoms with Crippen LogP contribution in [0, 0.1) is 17.8 Å². The van der Waals surface area contributed by atoms with Gasteiger partial charge in [-0.2, -0.15) is 0 Å². The Morgan fingerprint density at radius 1 is 1.30 bits per heavy atom. The minimum absolute atomic E-state index is 0.0244. The predicted molar refractivity (Wildman–Crippen MR) is 111 cm³/mol. The number of hydrogen-bond donors (Lipinski definition) is 3. The molecule has 0 aliphatic carbocycles. The number of carbonyl (C=O) groups excluding carboxylic acids is 3. The Balaban J connectivity index is 2.00. The molecule has 3 rings (SSSR count). The molecular formula is C22H37N3O5. The summed E-state index contributed by atoms with van der Waals surface area (Å²) in [6.07, 6.45) is 3.11. The standard InChI is InChI=1S/C22H37N3O5/c1-6-8-14(4)24-19(28)17-22-12-13(3)21(5,30-22)15(18(27)23-9-7-2)16(22)20(29)25(17)10-11-26/h13-17,26H,6-12H2,1-5H3,(H,23,27)(H,24,28)/t13?,14?,15-,16+,17?,21+,22?/m1/s1. The number of rotatable bonds is 9. The Hall–Kier alpha value is -1.67. The molecule has 4 unspecified atom stereocenters. The molecule has 2 bridgehead atoms. The van der Waals surface area contributed by atoms with Gasteiger partial charge in [0.15, 0.2) is 0 Å². The van der Waals surface area contributed by atoms with Crippen LogP contribution >= 0.6 is 0 Å². The van der Waals surface area contributed by atoms with E-state index < -0.39 is 29.1 Å². The van der Waals surface area contributed by atoms with Gasteiger partial charge in [-0.05, 0) is 39.0 Å². The highest BCUT2D eigenvalue weighted by Gasteiger charge is 2.79. The third-order valence-corrected chi connectivity index (χ3v) is 7.35. The molecule has 3 N–H and O–H groups in total. The number of β-amino-alcohol motifs (C(OH)–C–C–N with tert-alkyl or cyclic N) is 1. The van der Waals surface area contributed by atoms with Crippen molar-refractivity contribution >= 4 is 17.7 Å². The van der Waals surface area contributed by atoms with E-state index in [1.165, 1.54) is 4.90 Å². The molecule has 0 aromatic rings. The average Bonchev–Trinajstić information content (AvgIpc) is 3.18. The highest BCUT2D eigenvalue weighted by Crippen LogP contribution is 2.65. The van der Waals surface area contributed by atoms with Gasteiger partial charge in [0.25, 0.3) is 0 Å². The monoisotopic (exact) mass is 423 g/mol. The maximum atomic E-state index is 13.5. The minimum Gasteiger partial charge on any atom is -0.395 e. The Kier molecular flexibility index (Phi) is 6.49. The third kappa shape index (κ3) is 3.32. The molecule has 0 aromatic carbocycles. The predicted octanol–water partition coefficient (Wildman–Crippen LogP) is 0.820. The highest BCUT2D eigenvalue weighted by atomic mass is 16.5. The zero-order valence-electron chi connectivity index (χ0n) is 18.9. The van der Waals surface area contributed by atoms with Crippen LogP contribution in [0.3, 0.4) is 0 Å². The van der Waals surface area contributed by atoms with Crippen molar-refractivity contribution in [2.75, 3.05) is 19.7 Å². The molecular weight excluding hydrogens is 386 g/mol. The fourth-order valence-electron chi connectivity index (χ4n) is 5.97. The summed E-state index contributed by atoms with van der Waals surface area (Å²) in [7, 11) is 0. The molecule has 3 aliphatic heterocycles. The molecule has 0 radical (unpaired) electrons. The molecule has 3 amide bonds. The van der Waals surface area contributed by atoms with Crippen molar-refractivity contribution in [3.05, 3.63) is 0 Å². The van der Waals surface area contributed by atoms with Gasteiger partial charge in [0.05, 0.1) is 24.0 Å². The fourth-order valence-corrected chi connectivity index (χ4v) is 5.97. The van der Waals surface area contributed by atoms with Crippen molar-refractivity contribution in [1.29, 1.82) is 0 Å². The van der Waals surface area contributed by atoms with Crippen LogP contribution < -0.4 is 10.6 Å². The van der Waals surface area contributed by atoms with E-state index >= 15 is 0 Å². The third-order valence-electron chi connectivity index (χ3n) is 7.35. The Labute approximate surface area is 179 Å². The second-order valence-corrected chi connectivity index (χ2v) is 9.45. The number of ether oxygens (including phenoxy) is 1. The Morgan fingerprint density at radius 3 is 2.60 bits per heavy atom. The zero-order chi connectivity index (χ0) is 22.3. The molecule has 8 nitrogen and oxygen atoms in total. The Morgan fingerprint density at radius 2 is 2.00 bits per heavy atom. The van der Waals surface area contributed by atoms with Gasteiger partial charge in [0, 0.05) is 19.1 Å². The topological polar surface area (TPSA) is 108 Å². The van der Waals surface area contributed by atoms with Crippen molar-refractivity contribution in [2.24, 2.45) is 17.8 Å². The normalized spacial score (nSPS) is 37.9. The summed E-state index contributed by atoms with van der Waals surface area (Å²) in [5.41, 5.74) is -1.83. The first-order valence-electron chi connectivity index (χ1n) is 11.4. The number of nitrogens with zero attached hydrogens (tertiary/aromatic N) is 1. The number of aliphatic hydroxyl groups is 1.